The first-order valence-electron chi connectivity index (χ1n) is 12.5. The lowest BCUT2D eigenvalue weighted by Gasteiger charge is -2.22. The molecule has 0 bridgehead atoms. The number of pyridine rings is 1. The van der Waals surface area contributed by atoms with Crippen molar-refractivity contribution < 1.29 is 19.1 Å². The lowest BCUT2D eigenvalue weighted by Crippen LogP contribution is -2.29. The molecule has 1 atom stereocenters. The highest BCUT2D eigenvalue weighted by Crippen LogP contribution is 2.44. The molecule has 0 saturated carbocycles. The zero-order valence-electron chi connectivity index (χ0n) is 21.7. The smallest absolute Gasteiger partial charge is 0.301 e. The van der Waals surface area contributed by atoms with Crippen molar-refractivity contribution in [1.29, 1.82) is 0 Å². The Balaban J connectivity index is 1.44. The fraction of sp³-hybridized carbons (Fsp3) is 0.138. The predicted octanol–water partition coefficient (Wildman–Crippen LogP) is 6.62. The van der Waals surface area contributed by atoms with E-state index in [4.69, 9.17) is 0 Å². The first kappa shape index (κ1) is 27.3. The molecule has 3 aromatic heterocycles. The van der Waals surface area contributed by atoms with Gasteiger partial charge >= 0.3 is 5.91 Å². The van der Waals surface area contributed by atoms with E-state index in [0.717, 1.165) is 21.4 Å². The van der Waals surface area contributed by atoms with E-state index in [1.165, 1.54) is 22.7 Å². The fourth-order valence-electron chi connectivity index (χ4n) is 4.81. The number of thioether (sulfide) groups is 1. The number of carbonyl (C=O) groups excluding carboxylic acids is 2. The van der Waals surface area contributed by atoms with E-state index >= 15 is 0 Å². The van der Waals surface area contributed by atoms with Gasteiger partial charge in [-0.2, -0.15) is 0 Å². The number of fused-ring (bicyclic) bond motifs is 1. The van der Waals surface area contributed by atoms with E-state index in [1.807, 2.05) is 35.7 Å². The maximum absolute atomic E-state index is 14.1. The van der Waals surface area contributed by atoms with Crippen LogP contribution in [0.4, 0.5) is 9.52 Å². The summed E-state index contributed by atoms with van der Waals surface area (Å²) in [5.74, 6) is -2.05. The Bertz CT molecular complexity index is 1890. The number of benzene rings is 2. The molecular weight excluding hydrogens is 629 g/mol. The summed E-state index contributed by atoms with van der Waals surface area (Å²) in [6.07, 6.45) is 1.83. The predicted molar refractivity (Wildman–Crippen MR) is 159 cm³/mol. The van der Waals surface area contributed by atoms with Crippen LogP contribution in [0.2, 0.25) is 0 Å². The van der Waals surface area contributed by atoms with Crippen LogP contribution in [0.5, 0.6) is 0 Å². The molecule has 8 nitrogen and oxygen atoms in total. The summed E-state index contributed by atoms with van der Waals surface area (Å²) in [6, 6.07) is 16.4. The first-order valence-corrected chi connectivity index (χ1v) is 15.0. The Morgan fingerprint density at radius 1 is 1.10 bits per heavy atom. The van der Waals surface area contributed by atoms with Crippen molar-refractivity contribution in [3.05, 3.63) is 111 Å². The number of carbonyl (C=O) groups is 2. The van der Waals surface area contributed by atoms with Crippen molar-refractivity contribution in [2.45, 2.75) is 30.0 Å². The number of anilines is 1. The molecule has 1 saturated heterocycles. The summed E-state index contributed by atoms with van der Waals surface area (Å²) in [5.41, 5.74) is 3.40. The fourth-order valence-corrected chi connectivity index (χ4v) is 7.08. The summed E-state index contributed by atoms with van der Waals surface area (Å²) >= 11 is 5.87. The second kappa shape index (κ2) is 10.8. The van der Waals surface area contributed by atoms with E-state index in [2.05, 4.69) is 31.1 Å². The van der Waals surface area contributed by atoms with Gasteiger partial charge in [0.25, 0.3) is 5.78 Å². The van der Waals surface area contributed by atoms with Crippen LogP contribution in [0.3, 0.4) is 0 Å². The first-order chi connectivity index (χ1) is 19.7. The molecule has 206 valence electrons. The van der Waals surface area contributed by atoms with Gasteiger partial charge in [-0.3, -0.25) is 14.5 Å². The maximum atomic E-state index is 14.1. The number of hydrogen-bond donors (Lipinski definition) is 1. The number of aliphatic hydroxyl groups excluding tert-OH is 1. The third-order valence-electron chi connectivity index (χ3n) is 6.83. The molecule has 41 heavy (non-hydrogen) atoms. The monoisotopic (exact) mass is 649 g/mol. The third kappa shape index (κ3) is 4.85. The van der Waals surface area contributed by atoms with E-state index < -0.39 is 17.7 Å². The average molecular weight is 651 g/mol. The molecule has 6 rings (SSSR count). The highest BCUT2D eigenvalue weighted by atomic mass is 79.9. The van der Waals surface area contributed by atoms with Crippen LogP contribution >= 0.6 is 39.0 Å². The zero-order valence-corrected chi connectivity index (χ0v) is 24.9. The molecule has 0 spiro atoms. The van der Waals surface area contributed by atoms with Crippen molar-refractivity contribution >= 4 is 67.3 Å². The van der Waals surface area contributed by atoms with Crippen LogP contribution in [0.15, 0.2) is 81.2 Å². The van der Waals surface area contributed by atoms with Crippen LogP contribution in [-0.4, -0.2) is 36.4 Å². The Kier molecular flexibility index (Phi) is 7.22. The minimum Gasteiger partial charge on any atom is -0.505 e. The Morgan fingerprint density at radius 2 is 1.90 bits per heavy atom. The molecule has 4 heterocycles. The number of Topliss-reactive ketones (excluding diaryl/α,β-unsaturated/α-hetero) is 1. The SMILES string of the molecule is Cc1cccn2c(C)c(/C(O)=C3\C(=O)C(=O)N(c4nnc(SCc5ccccc5F)s4)C3c3cccc(Br)c3)nc12. The Morgan fingerprint density at radius 3 is 2.66 bits per heavy atom. The van der Waals surface area contributed by atoms with Crippen molar-refractivity contribution in [3.63, 3.8) is 0 Å². The zero-order chi connectivity index (χ0) is 28.8. The minimum atomic E-state index is -0.977. The molecule has 5 aromatic rings. The van der Waals surface area contributed by atoms with E-state index in [-0.39, 0.29) is 28.0 Å². The number of imidazole rings is 1. The second-order valence-corrected chi connectivity index (χ2v) is 12.5. The summed E-state index contributed by atoms with van der Waals surface area (Å²) in [4.78, 5) is 33.0. The van der Waals surface area contributed by atoms with Crippen LogP contribution in [0, 0.1) is 19.7 Å². The van der Waals surface area contributed by atoms with Crippen LogP contribution in [0.25, 0.3) is 11.4 Å². The number of hydrogen-bond acceptors (Lipinski definition) is 8. The molecule has 1 fully saturated rings. The highest BCUT2D eigenvalue weighted by molar-refractivity contribution is 9.10. The number of aliphatic hydroxyl groups is 1. The van der Waals surface area contributed by atoms with Gasteiger partial charge in [0.2, 0.25) is 5.13 Å². The molecule has 1 amide bonds. The van der Waals surface area contributed by atoms with Crippen LogP contribution < -0.4 is 4.90 Å². The molecule has 1 aliphatic heterocycles. The van der Waals surface area contributed by atoms with Gasteiger partial charge in [-0.1, -0.05) is 75.4 Å². The molecule has 1 aliphatic rings. The van der Waals surface area contributed by atoms with Crippen molar-refractivity contribution in [1.82, 2.24) is 19.6 Å². The molecular formula is C29H21BrFN5O3S2. The standard InChI is InChI=1S/C29H21BrFN5O3S2/c1-15-7-6-12-35-16(2)22(32-26(15)35)24(37)21-23(17-9-5-10-19(30)13-17)36(27(39)25(21)38)28-33-34-29(41-28)40-14-18-8-3-4-11-20(18)31/h3-13,23,37H,14H2,1-2H3/b24-21+. The molecule has 1 N–H and O–H groups in total. The van der Waals surface area contributed by atoms with Crippen LogP contribution in [-0.2, 0) is 15.3 Å². The largest absolute Gasteiger partial charge is 0.505 e. The topological polar surface area (TPSA) is 101 Å². The number of nitrogens with zero attached hydrogens (tertiary/aromatic N) is 5. The quantitative estimate of drug-likeness (QED) is 0.0725. The highest BCUT2D eigenvalue weighted by Gasteiger charge is 2.49. The summed E-state index contributed by atoms with van der Waals surface area (Å²) in [5, 5.41) is 20.2. The van der Waals surface area contributed by atoms with Gasteiger partial charge in [0, 0.05) is 16.4 Å². The molecule has 0 aliphatic carbocycles. The number of aromatic nitrogens is 4. The molecule has 2 aromatic carbocycles. The van der Waals surface area contributed by atoms with Crippen molar-refractivity contribution in [2.75, 3.05) is 4.90 Å². The number of aryl methyl sites for hydroxylation is 2. The number of ketones is 1. The van der Waals surface area contributed by atoms with Gasteiger partial charge in [-0.25, -0.2) is 9.37 Å². The van der Waals surface area contributed by atoms with Gasteiger partial charge in [0.05, 0.1) is 17.3 Å². The van der Waals surface area contributed by atoms with Crippen molar-refractivity contribution in [2.24, 2.45) is 0 Å². The van der Waals surface area contributed by atoms with E-state index in [1.54, 1.807) is 43.3 Å². The van der Waals surface area contributed by atoms with E-state index in [9.17, 15) is 19.1 Å². The normalized spacial score (nSPS) is 16.7. The van der Waals surface area contributed by atoms with Gasteiger partial charge in [0.15, 0.2) is 10.1 Å². The molecule has 12 heteroatoms. The molecule has 1 unspecified atom stereocenters. The number of rotatable bonds is 6. The van der Waals surface area contributed by atoms with Gasteiger partial charge < -0.3 is 9.51 Å². The minimum absolute atomic E-state index is 0.0898. The van der Waals surface area contributed by atoms with Gasteiger partial charge in [-0.15, -0.1) is 10.2 Å². The summed E-state index contributed by atoms with van der Waals surface area (Å²) in [6.45, 7) is 3.70. The summed E-state index contributed by atoms with van der Waals surface area (Å²) in [7, 11) is 0. The lowest BCUT2D eigenvalue weighted by molar-refractivity contribution is -0.132. The summed E-state index contributed by atoms with van der Waals surface area (Å²) < 4.78 is 17.2. The average Bonchev–Trinajstić information content (AvgIpc) is 3.63. The lowest BCUT2D eigenvalue weighted by atomic mass is 9.96. The van der Waals surface area contributed by atoms with Crippen molar-refractivity contribution in [3.8, 4) is 0 Å². The Hall–Kier alpha value is -3.87. The van der Waals surface area contributed by atoms with E-state index in [0.29, 0.717) is 32.6 Å². The number of halogens is 2. The van der Waals surface area contributed by atoms with Crippen LogP contribution in [0.1, 0.15) is 34.1 Å². The number of amides is 1. The second-order valence-electron chi connectivity index (χ2n) is 9.39. The van der Waals surface area contributed by atoms with Gasteiger partial charge in [0.1, 0.15) is 17.2 Å². The third-order valence-corrected chi connectivity index (χ3v) is 9.43. The maximum Gasteiger partial charge on any atom is 0.301 e. The Labute approximate surface area is 250 Å². The van der Waals surface area contributed by atoms with Gasteiger partial charge in [-0.05, 0) is 54.8 Å². The molecule has 0 radical (unpaired) electrons.